The van der Waals surface area contributed by atoms with Gasteiger partial charge in [-0.25, -0.2) is 18.7 Å². The molecule has 1 amide bonds. The zero-order chi connectivity index (χ0) is 34.0. The third kappa shape index (κ3) is 6.96. The Balaban J connectivity index is 1.13. The highest BCUT2D eigenvalue weighted by Gasteiger charge is 2.48. The number of alkyl halides is 2. The zero-order valence-corrected chi connectivity index (χ0v) is 27.0. The third-order valence-corrected chi connectivity index (χ3v) is 8.93. The molecule has 3 atom stereocenters. The number of benzene rings is 1. The lowest BCUT2D eigenvalue weighted by atomic mass is 10.0. The number of hydrogen-bond acceptors (Lipinski definition) is 12. The van der Waals surface area contributed by atoms with Gasteiger partial charge in [0, 0.05) is 50.3 Å². The molecule has 2 aromatic heterocycles. The summed E-state index contributed by atoms with van der Waals surface area (Å²) >= 11 is 0. The molecule has 3 aliphatic rings. The van der Waals surface area contributed by atoms with Crippen LogP contribution in [0.2, 0.25) is 0 Å². The number of nitrogens with one attached hydrogen (secondary N) is 1. The molecular weight excluding hydrogens is 626 g/mol. The van der Waals surface area contributed by atoms with Crippen molar-refractivity contribution >= 4 is 23.2 Å². The number of piperazine rings is 1. The number of ether oxygens (including phenoxy) is 3. The second kappa shape index (κ2) is 13.8. The number of aliphatic hydroxyl groups excluding tert-OH is 1. The Morgan fingerprint density at radius 3 is 2.65 bits per heavy atom. The highest BCUT2D eigenvalue weighted by Crippen LogP contribution is 2.35. The average molecular weight is 665 g/mol. The number of piperidine rings is 1. The Hall–Kier alpha value is -4.65. The van der Waals surface area contributed by atoms with Crippen LogP contribution in [-0.2, 0) is 9.53 Å². The molecule has 0 saturated carbocycles. The first-order chi connectivity index (χ1) is 23.1. The van der Waals surface area contributed by atoms with Gasteiger partial charge < -0.3 is 34.4 Å². The molecule has 48 heavy (non-hydrogen) atoms. The number of pyridine rings is 1. The Morgan fingerprint density at radius 2 is 1.98 bits per heavy atom. The van der Waals surface area contributed by atoms with Gasteiger partial charge in [0.1, 0.15) is 41.6 Å². The molecule has 3 aliphatic heterocycles. The molecule has 254 valence electrons. The van der Waals surface area contributed by atoms with Crippen LogP contribution in [-0.4, -0.2) is 119 Å². The maximum absolute atomic E-state index is 14.9. The molecular formula is C33H38F2N8O5. The van der Waals surface area contributed by atoms with Crippen LogP contribution in [0.5, 0.6) is 11.6 Å². The minimum absolute atomic E-state index is 0.00203. The standard InChI is InChI=1S/C33H38F2N8O5/c1-20-15-41(24-16-47-17-24)10-11-43(20)26-5-7-29(40-31(26)46-3)39-30-13-25(37-19-38-30)22-4-6-27(23(12-22)14-36)48-28-8-9-42(18-33(28,34)35)32(45)21(2)44/h4-7,12-13,19-21,24,28,44H,8-11,15-18H2,1-3H3,(H,37,38,39,40)/t20-,21+,28?/m0/s1. The van der Waals surface area contributed by atoms with Crippen LogP contribution in [0, 0.1) is 11.3 Å². The molecule has 0 aliphatic carbocycles. The highest BCUT2D eigenvalue weighted by molar-refractivity contribution is 5.80. The van der Waals surface area contributed by atoms with Crippen molar-refractivity contribution < 1.29 is 32.9 Å². The molecule has 2 N–H and O–H groups in total. The summed E-state index contributed by atoms with van der Waals surface area (Å²) < 4.78 is 46.6. The van der Waals surface area contributed by atoms with E-state index in [1.807, 2.05) is 18.2 Å². The molecule has 5 heterocycles. The Kier molecular flexibility index (Phi) is 9.58. The molecule has 1 unspecified atom stereocenters. The largest absolute Gasteiger partial charge is 0.483 e. The fourth-order valence-electron chi connectivity index (χ4n) is 6.25. The van der Waals surface area contributed by atoms with Gasteiger partial charge in [0.2, 0.25) is 5.88 Å². The van der Waals surface area contributed by atoms with Crippen molar-refractivity contribution in [3.8, 4) is 29.0 Å². The number of likely N-dealkylation sites (tertiary alicyclic amines) is 1. The summed E-state index contributed by atoms with van der Waals surface area (Å²) in [5.74, 6) is -2.69. The highest BCUT2D eigenvalue weighted by atomic mass is 19.3. The lowest BCUT2D eigenvalue weighted by Crippen LogP contribution is -2.59. The molecule has 0 bridgehead atoms. The smallest absolute Gasteiger partial charge is 0.301 e. The van der Waals surface area contributed by atoms with Crippen molar-refractivity contribution in [3.63, 3.8) is 0 Å². The molecule has 3 aromatic rings. The van der Waals surface area contributed by atoms with E-state index in [1.54, 1.807) is 19.2 Å². The lowest BCUT2D eigenvalue weighted by Gasteiger charge is -2.46. The van der Waals surface area contributed by atoms with Crippen LogP contribution in [0.1, 0.15) is 25.8 Å². The number of anilines is 3. The fourth-order valence-corrected chi connectivity index (χ4v) is 6.25. The number of nitrogens with zero attached hydrogens (tertiary/aromatic N) is 7. The number of amides is 1. The van der Waals surface area contributed by atoms with Gasteiger partial charge in [-0.05, 0) is 44.2 Å². The first-order valence-corrected chi connectivity index (χ1v) is 15.8. The topological polar surface area (TPSA) is 149 Å². The number of methoxy groups -OCH3 is 1. The first-order valence-electron chi connectivity index (χ1n) is 15.8. The third-order valence-electron chi connectivity index (χ3n) is 8.93. The van der Waals surface area contributed by atoms with Crippen molar-refractivity contribution in [2.45, 2.75) is 50.5 Å². The molecule has 3 saturated heterocycles. The number of hydrogen-bond donors (Lipinski definition) is 2. The van der Waals surface area contributed by atoms with Crippen molar-refractivity contribution in [2.24, 2.45) is 0 Å². The van der Waals surface area contributed by atoms with Crippen molar-refractivity contribution in [2.75, 3.05) is 63.3 Å². The van der Waals surface area contributed by atoms with Crippen LogP contribution in [0.15, 0.2) is 42.7 Å². The molecule has 0 radical (unpaired) electrons. The number of carbonyl (C=O) groups is 1. The quantitative estimate of drug-likeness (QED) is 0.346. The minimum atomic E-state index is -3.38. The summed E-state index contributed by atoms with van der Waals surface area (Å²) in [6.45, 7) is 6.84. The van der Waals surface area contributed by atoms with Gasteiger partial charge in [0.15, 0.2) is 6.10 Å². The van der Waals surface area contributed by atoms with Crippen LogP contribution in [0.25, 0.3) is 11.3 Å². The Morgan fingerprint density at radius 1 is 1.17 bits per heavy atom. The summed E-state index contributed by atoms with van der Waals surface area (Å²) in [5.41, 5.74) is 2.00. The van der Waals surface area contributed by atoms with E-state index in [1.165, 1.54) is 25.4 Å². The molecule has 13 nitrogen and oxygen atoms in total. The second-order valence-electron chi connectivity index (χ2n) is 12.3. The fraction of sp³-hybridized carbons (Fsp3) is 0.485. The predicted molar refractivity (Wildman–Crippen MR) is 171 cm³/mol. The maximum Gasteiger partial charge on any atom is 0.301 e. The van der Waals surface area contributed by atoms with E-state index in [4.69, 9.17) is 14.2 Å². The van der Waals surface area contributed by atoms with Crippen LogP contribution < -0.4 is 19.7 Å². The van der Waals surface area contributed by atoms with Gasteiger partial charge in [-0.1, -0.05) is 0 Å². The van der Waals surface area contributed by atoms with E-state index < -0.39 is 30.6 Å². The van der Waals surface area contributed by atoms with Crippen molar-refractivity contribution in [1.29, 1.82) is 5.26 Å². The zero-order valence-electron chi connectivity index (χ0n) is 27.0. The van der Waals surface area contributed by atoms with Gasteiger partial charge in [0.25, 0.3) is 5.91 Å². The van der Waals surface area contributed by atoms with Crippen LogP contribution >= 0.6 is 0 Å². The van der Waals surface area contributed by atoms with Gasteiger partial charge in [0.05, 0.1) is 44.2 Å². The predicted octanol–water partition coefficient (Wildman–Crippen LogP) is 3.07. The summed E-state index contributed by atoms with van der Waals surface area (Å²) in [5, 5.41) is 22.5. The van der Waals surface area contributed by atoms with E-state index in [2.05, 4.69) is 37.0 Å². The summed E-state index contributed by atoms with van der Waals surface area (Å²) in [7, 11) is 1.59. The average Bonchev–Trinajstić information content (AvgIpc) is 3.04. The van der Waals surface area contributed by atoms with Crippen molar-refractivity contribution in [3.05, 3.63) is 48.3 Å². The van der Waals surface area contributed by atoms with Crippen molar-refractivity contribution in [1.82, 2.24) is 24.8 Å². The number of nitriles is 1. The monoisotopic (exact) mass is 664 g/mol. The Bertz CT molecular complexity index is 1680. The van der Waals surface area contributed by atoms with Crippen LogP contribution in [0.3, 0.4) is 0 Å². The van der Waals surface area contributed by atoms with E-state index in [0.717, 1.165) is 43.4 Å². The molecule has 3 fully saturated rings. The number of rotatable bonds is 9. The molecule has 15 heteroatoms. The van der Waals surface area contributed by atoms with Gasteiger partial charge >= 0.3 is 5.92 Å². The van der Waals surface area contributed by atoms with Gasteiger partial charge in [-0.15, -0.1) is 0 Å². The molecule has 1 aromatic carbocycles. The normalized spacial score (nSPS) is 21.9. The van der Waals surface area contributed by atoms with Gasteiger partial charge in [-0.3, -0.25) is 9.69 Å². The number of halogens is 2. The molecule has 0 spiro atoms. The van der Waals surface area contributed by atoms with E-state index >= 15 is 0 Å². The molecule has 6 rings (SSSR count). The van der Waals surface area contributed by atoms with Crippen LogP contribution in [0.4, 0.5) is 26.1 Å². The second-order valence-corrected chi connectivity index (χ2v) is 12.3. The van der Waals surface area contributed by atoms with E-state index in [0.29, 0.717) is 34.8 Å². The SMILES string of the molecule is COc1nc(Nc2cc(-c3ccc(OC4CCN(C(=O)[C@@H](C)O)CC4(F)F)c(C#N)c3)ncn2)ccc1N1CCN(C2COC2)C[C@@H]1C. The van der Waals surface area contributed by atoms with E-state index in [9.17, 15) is 23.9 Å². The summed E-state index contributed by atoms with van der Waals surface area (Å²) in [6, 6.07) is 12.9. The number of carbonyl (C=O) groups excluding carboxylic acids is 1. The summed E-state index contributed by atoms with van der Waals surface area (Å²) in [6.07, 6.45) is -1.71. The lowest BCUT2D eigenvalue weighted by molar-refractivity contribution is -0.165. The Labute approximate surface area is 277 Å². The van der Waals surface area contributed by atoms with E-state index in [-0.39, 0.29) is 30.3 Å². The summed E-state index contributed by atoms with van der Waals surface area (Å²) in [4.78, 5) is 31.1. The number of aromatic nitrogens is 3. The first kappa shape index (κ1) is 33.3. The minimum Gasteiger partial charge on any atom is -0.483 e. The van der Waals surface area contributed by atoms with Gasteiger partial charge in [-0.2, -0.15) is 10.2 Å². The maximum atomic E-state index is 14.9. The number of aliphatic hydroxyl groups is 1.